The molecule has 0 aliphatic rings. The fourth-order valence-corrected chi connectivity index (χ4v) is 2.61. The van der Waals surface area contributed by atoms with Crippen LogP contribution in [-0.2, 0) is 0 Å². The molecular weight excluding hydrogens is 343 g/mol. The predicted octanol–water partition coefficient (Wildman–Crippen LogP) is 4.47. The molecule has 2 unspecified atom stereocenters. The summed E-state index contributed by atoms with van der Waals surface area (Å²) in [6.45, 7) is 4.25. The Morgan fingerprint density at radius 3 is 2.73 bits per heavy atom. The van der Waals surface area contributed by atoms with Gasteiger partial charge in [-0.25, -0.2) is 4.98 Å². The van der Waals surface area contributed by atoms with Gasteiger partial charge in [-0.05, 0) is 35.3 Å². The molecule has 1 heterocycles. The lowest BCUT2D eigenvalue weighted by atomic mass is 10.2. The minimum absolute atomic E-state index is 0.365. The zero-order chi connectivity index (χ0) is 11.4. The van der Waals surface area contributed by atoms with Crippen molar-refractivity contribution in [3.63, 3.8) is 0 Å². The quantitative estimate of drug-likeness (QED) is 0.805. The third-order valence-corrected chi connectivity index (χ3v) is 3.05. The Balaban J connectivity index is 2.64. The maximum Gasteiger partial charge on any atom is 0.140 e. The molecule has 1 rings (SSSR count). The summed E-state index contributed by atoms with van der Waals surface area (Å²) in [6, 6.07) is 2.20. The molecule has 2 nitrogen and oxygen atoms in total. The van der Waals surface area contributed by atoms with Gasteiger partial charge in [-0.15, -0.1) is 0 Å². The van der Waals surface area contributed by atoms with Crippen molar-refractivity contribution in [3.8, 4) is 0 Å². The van der Waals surface area contributed by atoms with Gasteiger partial charge in [0.15, 0.2) is 0 Å². The first kappa shape index (κ1) is 13.3. The molecule has 0 saturated carbocycles. The van der Waals surface area contributed by atoms with Gasteiger partial charge in [-0.3, -0.25) is 0 Å². The van der Waals surface area contributed by atoms with E-state index in [9.17, 15) is 0 Å². The van der Waals surface area contributed by atoms with Crippen LogP contribution in [0.25, 0.3) is 0 Å². The summed E-state index contributed by atoms with van der Waals surface area (Å²) in [5.74, 6) is 0.833. The Bertz CT molecular complexity index is 331. The van der Waals surface area contributed by atoms with Gasteiger partial charge in [0.05, 0.1) is 9.50 Å². The van der Waals surface area contributed by atoms with E-state index in [0.29, 0.717) is 15.9 Å². The van der Waals surface area contributed by atoms with E-state index in [2.05, 4.69) is 56.0 Å². The van der Waals surface area contributed by atoms with Gasteiger partial charge >= 0.3 is 0 Å². The lowest BCUT2D eigenvalue weighted by Crippen LogP contribution is -2.19. The second kappa shape index (κ2) is 6.06. The first-order valence-electron chi connectivity index (χ1n) is 4.70. The van der Waals surface area contributed by atoms with Crippen molar-refractivity contribution >= 4 is 49.3 Å². The van der Waals surface area contributed by atoms with Crippen molar-refractivity contribution in [1.82, 2.24) is 4.98 Å². The van der Waals surface area contributed by atoms with E-state index in [1.807, 2.05) is 6.07 Å². The summed E-state index contributed by atoms with van der Waals surface area (Å²) in [4.78, 5) is 4.71. The van der Waals surface area contributed by atoms with Crippen molar-refractivity contribution in [2.24, 2.45) is 0 Å². The summed E-state index contributed by atoms with van der Waals surface area (Å²) in [7, 11) is 0. The van der Waals surface area contributed by atoms with Gasteiger partial charge in [0.1, 0.15) is 5.82 Å². The highest BCUT2D eigenvalue weighted by Gasteiger charge is 2.08. The number of nitrogens with one attached hydrogen (secondary N) is 1. The summed E-state index contributed by atoms with van der Waals surface area (Å²) in [6.07, 6.45) is 2.68. The van der Waals surface area contributed by atoms with E-state index >= 15 is 0 Å². The number of hydrogen-bond donors (Lipinski definition) is 1. The van der Waals surface area contributed by atoms with Crippen molar-refractivity contribution < 1.29 is 0 Å². The smallest absolute Gasteiger partial charge is 0.140 e. The standard InChI is InChI=1S/C10H13Br2ClN2/c1-6(11)3-7(2)15-10-9(12)4-8(13)5-14-10/h4-7H,3H2,1-2H3,(H,14,15). The van der Waals surface area contributed by atoms with E-state index < -0.39 is 0 Å². The van der Waals surface area contributed by atoms with E-state index in [0.717, 1.165) is 16.7 Å². The topological polar surface area (TPSA) is 24.9 Å². The Morgan fingerprint density at radius 1 is 1.53 bits per heavy atom. The molecule has 5 heteroatoms. The molecule has 0 aliphatic carbocycles. The normalized spacial score (nSPS) is 14.7. The van der Waals surface area contributed by atoms with Crippen LogP contribution in [0.15, 0.2) is 16.7 Å². The summed E-state index contributed by atoms with van der Waals surface area (Å²) in [5.41, 5.74) is 0. The lowest BCUT2D eigenvalue weighted by Gasteiger charge is -2.16. The first-order valence-corrected chi connectivity index (χ1v) is 6.79. The van der Waals surface area contributed by atoms with Crippen LogP contribution in [0.4, 0.5) is 5.82 Å². The molecule has 0 saturated heterocycles. The van der Waals surface area contributed by atoms with Crippen LogP contribution in [0, 0.1) is 0 Å². The Kier molecular flexibility index (Phi) is 5.36. The fourth-order valence-electron chi connectivity index (χ4n) is 1.30. The second-order valence-corrected chi connectivity index (χ2v) is 6.40. The molecule has 0 fully saturated rings. The Labute approximate surface area is 112 Å². The van der Waals surface area contributed by atoms with Gasteiger partial charge in [0.2, 0.25) is 0 Å². The minimum atomic E-state index is 0.365. The molecular formula is C10H13Br2ClN2. The lowest BCUT2D eigenvalue weighted by molar-refractivity contribution is 0.704. The van der Waals surface area contributed by atoms with Crippen LogP contribution in [-0.4, -0.2) is 15.9 Å². The van der Waals surface area contributed by atoms with Gasteiger partial charge in [0.25, 0.3) is 0 Å². The highest BCUT2D eigenvalue weighted by molar-refractivity contribution is 9.10. The number of anilines is 1. The van der Waals surface area contributed by atoms with Crippen LogP contribution >= 0.6 is 43.5 Å². The van der Waals surface area contributed by atoms with E-state index in [4.69, 9.17) is 11.6 Å². The van der Waals surface area contributed by atoms with E-state index in [1.165, 1.54) is 0 Å². The van der Waals surface area contributed by atoms with Crippen LogP contribution in [0.5, 0.6) is 0 Å². The van der Waals surface area contributed by atoms with Crippen molar-refractivity contribution in [1.29, 1.82) is 0 Å². The molecule has 2 atom stereocenters. The molecule has 0 spiro atoms. The fraction of sp³-hybridized carbons (Fsp3) is 0.500. The number of alkyl halides is 1. The molecule has 0 aliphatic heterocycles. The third kappa shape index (κ3) is 4.70. The summed E-state index contributed by atoms with van der Waals surface area (Å²) in [5, 5.41) is 3.96. The third-order valence-electron chi connectivity index (χ3n) is 1.87. The predicted molar refractivity (Wildman–Crippen MR) is 73.0 cm³/mol. The van der Waals surface area contributed by atoms with E-state index in [1.54, 1.807) is 6.20 Å². The van der Waals surface area contributed by atoms with Crippen molar-refractivity contribution in [2.45, 2.75) is 31.1 Å². The van der Waals surface area contributed by atoms with Crippen LogP contribution in [0.1, 0.15) is 20.3 Å². The zero-order valence-corrected chi connectivity index (χ0v) is 12.5. The number of aromatic nitrogens is 1. The molecule has 0 amide bonds. The van der Waals surface area contributed by atoms with Crippen molar-refractivity contribution in [2.75, 3.05) is 5.32 Å². The summed E-state index contributed by atoms with van der Waals surface area (Å²) < 4.78 is 0.893. The SMILES string of the molecule is CC(Br)CC(C)Nc1ncc(Cl)cc1Br. The molecule has 1 aromatic heterocycles. The Morgan fingerprint density at radius 2 is 2.20 bits per heavy atom. The number of nitrogens with zero attached hydrogens (tertiary/aromatic N) is 1. The number of halogens is 3. The largest absolute Gasteiger partial charge is 0.367 e. The van der Waals surface area contributed by atoms with Crippen LogP contribution in [0.2, 0.25) is 5.02 Å². The van der Waals surface area contributed by atoms with Crippen LogP contribution in [0.3, 0.4) is 0 Å². The summed E-state index contributed by atoms with van der Waals surface area (Å²) >= 11 is 12.8. The number of rotatable bonds is 4. The molecule has 0 radical (unpaired) electrons. The van der Waals surface area contributed by atoms with Gasteiger partial charge in [0, 0.05) is 17.1 Å². The van der Waals surface area contributed by atoms with Gasteiger partial charge in [-0.1, -0.05) is 34.5 Å². The maximum atomic E-state index is 5.81. The highest BCUT2D eigenvalue weighted by atomic mass is 79.9. The maximum absolute atomic E-state index is 5.81. The minimum Gasteiger partial charge on any atom is -0.367 e. The zero-order valence-electron chi connectivity index (χ0n) is 8.60. The Hall–Kier alpha value is 0.200. The number of pyridine rings is 1. The monoisotopic (exact) mass is 354 g/mol. The molecule has 1 N–H and O–H groups in total. The average Bonchev–Trinajstić information content (AvgIpc) is 2.08. The average molecular weight is 356 g/mol. The second-order valence-electron chi connectivity index (χ2n) is 3.55. The first-order chi connectivity index (χ1) is 6.99. The molecule has 0 bridgehead atoms. The highest BCUT2D eigenvalue weighted by Crippen LogP contribution is 2.24. The molecule has 1 aromatic rings. The van der Waals surface area contributed by atoms with E-state index in [-0.39, 0.29) is 0 Å². The van der Waals surface area contributed by atoms with Gasteiger partial charge < -0.3 is 5.32 Å². The van der Waals surface area contributed by atoms with Gasteiger partial charge in [-0.2, -0.15) is 0 Å². The number of hydrogen-bond acceptors (Lipinski definition) is 2. The van der Waals surface area contributed by atoms with Crippen LogP contribution < -0.4 is 5.32 Å². The molecule has 84 valence electrons. The molecule has 0 aromatic carbocycles. The molecule has 15 heavy (non-hydrogen) atoms. The van der Waals surface area contributed by atoms with Crippen molar-refractivity contribution in [3.05, 3.63) is 21.8 Å².